The first-order valence-corrected chi connectivity index (χ1v) is 12.5. The van der Waals surface area contributed by atoms with Crippen LogP contribution in [-0.4, -0.2) is 36.4 Å². The Morgan fingerprint density at radius 3 is 2.24 bits per heavy atom. The van der Waals surface area contributed by atoms with Crippen LogP contribution in [0.4, 0.5) is 0 Å². The summed E-state index contributed by atoms with van der Waals surface area (Å²) in [5.41, 5.74) is 1.03. The van der Waals surface area contributed by atoms with Crippen LogP contribution in [0.25, 0.3) is 20.5 Å². The van der Waals surface area contributed by atoms with Gasteiger partial charge in [-0.05, 0) is 92.1 Å². The summed E-state index contributed by atoms with van der Waals surface area (Å²) < 4.78 is 18.9. The van der Waals surface area contributed by atoms with E-state index in [1.54, 1.807) is 30.6 Å². The SMILES string of the molecule is COc1ccc(-c2sc3cc(O)ccc3c2Oc2ccc(OC(C)N3CCCCC3)cc2)cc1. The van der Waals surface area contributed by atoms with E-state index in [0.29, 0.717) is 0 Å². The second kappa shape index (κ2) is 9.95. The van der Waals surface area contributed by atoms with Crippen LogP contribution in [0.15, 0.2) is 66.7 Å². The fourth-order valence-corrected chi connectivity index (χ4v) is 5.52. The van der Waals surface area contributed by atoms with Gasteiger partial charge in [-0.3, -0.25) is 4.90 Å². The Hall–Kier alpha value is -3.22. The first-order valence-electron chi connectivity index (χ1n) is 11.7. The van der Waals surface area contributed by atoms with Crippen LogP contribution in [0.1, 0.15) is 26.2 Å². The molecule has 0 amide bonds. The monoisotopic (exact) mass is 475 g/mol. The van der Waals surface area contributed by atoms with Gasteiger partial charge in [0.2, 0.25) is 0 Å². The van der Waals surface area contributed by atoms with Crippen LogP contribution in [0.2, 0.25) is 0 Å². The average Bonchev–Trinajstić information content (AvgIpc) is 3.22. The molecule has 1 saturated heterocycles. The van der Waals surface area contributed by atoms with Crippen LogP contribution in [0, 0.1) is 0 Å². The molecule has 1 fully saturated rings. The minimum absolute atomic E-state index is 0.0576. The minimum atomic E-state index is 0.0576. The molecule has 2 heterocycles. The highest BCUT2D eigenvalue weighted by atomic mass is 32.1. The molecule has 3 aromatic carbocycles. The molecule has 0 saturated carbocycles. The van der Waals surface area contributed by atoms with Crippen LogP contribution in [0.3, 0.4) is 0 Å². The summed E-state index contributed by atoms with van der Waals surface area (Å²) in [6.07, 6.45) is 3.85. The molecule has 0 spiro atoms. The molecule has 1 aliphatic heterocycles. The van der Waals surface area contributed by atoms with Crippen molar-refractivity contribution >= 4 is 21.4 Å². The summed E-state index contributed by atoms with van der Waals surface area (Å²) in [6.45, 7) is 4.30. The molecule has 176 valence electrons. The highest BCUT2D eigenvalue weighted by Crippen LogP contribution is 2.47. The Morgan fingerprint density at radius 1 is 0.853 bits per heavy atom. The van der Waals surface area contributed by atoms with E-state index >= 15 is 0 Å². The number of likely N-dealkylation sites (tertiary alicyclic amines) is 1. The van der Waals surface area contributed by atoms with E-state index in [9.17, 15) is 5.11 Å². The topological polar surface area (TPSA) is 51.2 Å². The van der Waals surface area contributed by atoms with Gasteiger partial charge >= 0.3 is 0 Å². The lowest BCUT2D eigenvalue weighted by Crippen LogP contribution is -2.40. The fraction of sp³-hybridized carbons (Fsp3) is 0.286. The molecule has 1 aromatic heterocycles. The number of phenolic OH excluding ortho intramolecular Hbond substituents is 1. The molecule has 1 unspecified atom stereocenters. The van der Waals surface area contributed by atoms with Gasteiger partial charge in [0.15, 0.2) is 5.75 Å². The fourth-order valence-electron chi connectivity index (χ4n) is 4.35. The van der Waals surface area contributed by atoms with Gasteiger partial charge in [-0.2, -0.15) is 0 Å². The molecule has 1 aliphatic rings. The van der Waals surface area contributed by atoms with E-state index in [-0.39, 0.29) is 12.0 Å². The smallest absolute Gasteiger partial charge is 0.153 e. The van der Waals surface area contributed by atoms with Crippen molar-refractivity contribution < 1.29 is 19.3 Å². The predicted molar refractivity (Wildman–Crippen MR) is 138 cm³/mol. The number of phenols is 1. The molecule has 34 heavy (non-hydrogen) atoms. The Kier molecular flexibility index (Phi) is 6.61. The zero-order chi connectivity index (χ0) is 23.5. The molecule has 0 aliphatic carbocycles. The van der Waals surface area contributed by atoms with Crippen LogP contribution >= 0.6 is 11.3 Å². The first kappa shape index (κ1) is 22.6. The van der Waals surface area contributed by atoms with Gasteiger partial charge in [0.25, 0.3) is 0 Å². The molecule has 0 bridgehead atoms. The summed E-state index contributed by atoms with van der Waals surface area (Å²) in [5.74, 6) is 3.40. The zero-order valence-electron chi connectivity index (χ0n) is 19.5. The van der Waals surface area contributed by atoms with E-state index in [4.69, 9.17) is 14.2 Å². The number of thiophene rings is 1. The molecular weight excluding hydrogens is 446 g/mol. The summed E-state index contributed by atoms with van der Waals surface area (Å²) in [7, 11) is 1.66. The van der Waals surface area contributed by atoms with Crippen molar-refractivity contribution in [1.82, 2.24) is 4.90 Å². The summed E-state index contributed by atoms with van der Waals surface area (Å²) in [5, 5.41) is 11.0. The molecule has 0 radical (unpaired) electrons. The number of fused-ring (bicyclic) bond motifs is 1. The van der Waals surface area contributed by atoms with Crippen LogP contribution in [-0.2, 0) is 0 Å². The average molecular weight is 476 g/mol. The number of ether oxygens (including phenoxy) is 3. The lowest BCUT2D eigenvalue weighted by atomic mass is 10.1. The number of rotatable bonds is 7. The highest BCUT2D eigenvalue weighted by Gasteiger charge is 2.19. The largest absolute Gasteiger partial charge is 0.508 e. The number of piperidine rings is 1. The Balaban J connectivity index is 1.40. The molecule has 5 rings (SSSR count). The van der Waals surface area contributed by atoms with Crippen molar-refractivity contribution in [3.63, 3.8) is 0 Å². The van der Waals surface area contributed by atoms with Gasteiger partial charge in [0, 0.05) is 23.2 Å². The Morgan fingerprint density at radius 2 is 1.53 bits per heavy atom. The van der Waals surface area contributed by atoms with Gasteiger partial charge in [-0.15, -0.1) is 11.3 Å². The predicted octanol–water partition coefficient (Wildman–Crippen LogP) is 7.29. The zero-order valence-corrected chi connectivity index (χ0v) is 20.3. The molecule has 1 atom stereocenters. The van der Waals surface area contributed by atoms with Crippen molar-refractivity contribution in [2.75, 3.05) is 20.2 Å². The Labute approximate surface area is 204 Å². The maximum atomic E-state index is 9.99. The second-order valence-corrected chi connectivity index (χ2v) is 9.61. The van der Waals surface area contributed by atoms with Crippen LogP contribution in [0.5, 0.6) is 28.7 Å². The van der Waals surface area contributed by atoms with Gasteiger partial charge < -0.3 is 19.3 Å². The van der Waals surface area contributed by atoms with Crippen molar-refractivity contribution in [1.29, 1.82) is 0 Å². The number of aromatic hydroxyl groups is 1. The van der Waals surface area contributed by atoms with Crippen molar-refractivity contribution in [3.8, 4) is 39.2 Å². The molecule has 4 aromatic rings. The van der Waals surface area contributed by atoms with Crippen LogP contribution < -0.4 is 14.2 Å². The highest BCUT2D eigenvalue weighted by molar-refractivity contribution is 7.22. The number of benzene rings is 3. The van der Waals surface area contributed by atoms with Crippen molar-refractivity contribution in [3.05, 3.63) is 66.7 Å². The van der Waals surface area contributed by atoms with E-state index in [1.165, 1.54) is 19.3 Å². The van der Waals surface area contributed by atoms with E-state index < -0.39 is 0 Å². The standard InChI is InChI=1S/C28H29NO4S/c1-19(29-16-4-3-5-17-29)32-23-11-13-24(14-12-23)33-27-25-15-8-21(30)18-26(25)34-28(27)20-6-9-22(31-2)10-7-20/h6-15,18-19,30H,3-5,16-17H2,1-2H3. The summed E-state index contributed by atoms with van der Waals surface area (Å²) in [6, 6.07) is 21.1. The number of hydrogen-bond donors (Lipinski definition) is 1. The van der Waals surface area contributed by atoms with Crippen molar-refractivity contribution in [2.45, 2.75) is 32.4 Å². The normalized spacial score (nSPS) is 15.2. The second-order valence-electron chi connectivity index (χ2n) is 8.56. The number of hydrogen-bond acceptors (Lipinski definition) is 6. The summed E-state index contributed by atoms with van der Waals surface area (Å²) in [4.78, 5) is 3.39. The van der Waals surface area contributed by atoms with Gasteiger partial charge in [0.1, 0.15) is 29.2 Å². The summed E-state index contributed by atoms with van der Waals surface area (Å²) >= 11 is 1.60. The molecular formula is C28H29NO4S. The molecule has 6 heteroatoms. The van der Waals surface area contributed by atoms with Gasteiger partial charge in [-0.25, -0.2) is 0 Å². The number of methoxy groups -OCH3 is 1. The lowest BCUT2D eigenvalue weighted by molar-refractivity contribution is 0.0262. The van der Waals surface area contributed by atoms with E-state index in [0.717, 1.165) is 56.6 Å². The van der Waals surface area contributed by atoms with Crippen molar-refractivity contribution in [2.24, 2.45) is 0 Å². The molecule has 1 N–H and O–H groups in total. The Bertz CT molecular complexity index is 1240. The first-order chi connectivity index (χ1) is 16.6. The van der Waals surface area contributed by atoms with E-state index in [1.807, 2.05) is 54.6 Å². The van der Waals surface area contributed by atoms with Gasteiger partial charge in [0.05, 0.1) is 12.0 Å². The maximum Gasteiger partial charge on any atom is 0.153 e. The third-order valence-electron chi connectivity index (χ3n) is 6.24. The third kappa shape index (κ3) is 4.83. The maximum absolute atomic E-state index is 9.99. The quantitative estimate of drug-likeness (QED) is 0.304. The lowest BCUT2D eigenvalue weighted by Gasteiger charge is -2.32. The molecule has 5 nitrogen and oxygen atoms in total. The third-order valence-corrected chi connectivity index (χ3v) is 7.42. The number of nitrogens with zero attached hydrogens (tertiary/aromatic N) is 1. The van der Waals surface area contributed by atoms with E-state index in [2.05, 4.69) is 11.8 Å². The minimum Gasteiger partial charge on any atom is -0.508 e. The van der Waals surface area contributed by atoms with Gasteiger partial charge in [-0.1, -0.05) is 6.42 Å².